The zero-order chi connectivity index (χ0) is 34.4. The second kappa shape index (κ2) is 13.2. The summed E-state index contributed by atoms with van der Waals surface area (Å²) in [6.07, 6.45) is 0.874. The van der Waals surface area contributed by atoms with E-state index < -0.39 is 16.2 Å². The highest BCUT2D eigenvalue weighted by atomic mass is 31.1. The summed E-state index contributed by atoms with van der Waals surface area (Å²) < 4.78 is 20.7. The van der Waals surface area contributed by atoms with Gasteiger partial charge in [0.15, 0.2) is 0 Å². The molecule has 1 heterocycles. The second-order valence-electron chi connectivity index (χ2n) is 16.9. The van der Waals surface area contributed by atoms with Crippen LogP contribution in [0.15, 0.2) is 93.3 Å². The van der Waals surface area contributed by atoms with Gasteiger partial charge in [-0.25, -0.2) is 0 Å². The van der Waals surface area contributed by atoms with Crippen molar-refractivity contribution in [2.45, 2.75) is 105 Å². The predicted molar refractivity (Wildman–Crippen MR) is 207 cm³/mol. The average Bonchev–Trinajstić information content (AvgIpc) is 3.13. The molecule has 0 unspecified atom stereocenters. The summed E-state index contributed by atoms with van der Waals surface area (Å²) in [6, 6.07) is 31.0. The van der Waals surface area contributed by atoms with Crippen molar-refractivity contribution >= 4 is 48.7 Å². The van der Waals surface area contributed by atoms with E-state index in [4.69, 9.17) is 12.9 Å². The Morgan fingerprint density at radius 2 is 0.915 bits per heavy atom. The van der Waals surface area contributed by atoms with Gasteiger partial charge in [0.2, 0.25) is 0 Å². The Kier molecular flexibility index (Phi) is 9.99. The number of fused-ring (bicyclic) bond motifs is 3. The summed E-state index contributed by atoms with van der Waals surface area (Å²) in [7, 11) is -2.33. The molecule has 4 aromatic carbocycles. The van der Waals surface area contributed by atoms with E-state index in [1.165, 1.54) is 32.9 Å². The van der Waals surface area contributed by atoms with Crippen LogP contribution >= 0.6 is 16.2 Å². The molecule has 0 amide bonds. The monoisotopic (exact) mass is 668 g/mol. The molecule has 47 heavy (non-hydrogen) atoms. The molecule has 1 aromatic heterocycles. The van der Waals surface area contributed by atoms with Crippen molar-refractivity contribution in [1.29, 1.82) is 0 Å². The zero-order valence-corrected chi connectivity index (χ0v) is 32.4. The van der Waals surface area contributed by atoms with Gasteiger partial charge in [-0.1, -0.05) is 156 Å². The Morgan fingerprint density at radius 3 is 1.26 bits per heavy atom. The highest BCUT2D eigenvalue weighted by molar-refractivity contribution is 7.73. The summed E-state index contributed by atoms with van der Waals surface area (Å²) in [5.74, 6) is 0. The minimum absolute atomic E-state index is 0.0376. The molecule has 5 rings (SSSR count). The molecule has 0 radical (unpaired) electrons. The minimum Gasteiger partial charge on any atom is -0.399 e. The van der Waals surface area contributed by atoms with Crippen LogP contribution in [0.3, 0.4) is 0 Å². The first-order valence-corrected chi connectivity index (χ1v) is 19.5. The lowest BCUT2D eigenvalue weighted by Crippen LogP contribution is -2.17. The average molecular weight is 669 g/mol. The van der Waals surface area contributed by atoms with Crippen molar-refractivity contribution in [3.05, 3.63) is 107 Å². The molecule has 250 valence electrons. The van der Waals surface area contributed by atoms with E-state index in [9.17, 15) is 0 Å². The lowest BCUT2D eigenvalue weighted by Gasteiger charge is -2.27. The molecule has 0 aliphatic rings. The van der Waals surface area contributed by atoms with E-state index in [0.717, 1.165) is 28.1 Å². The van der Waals surface area contributed by atoms with Crippen LogP contribution in [0.2, 0.25) is 0 Å². The van der Waals surface area contributed by atoms with Gasteiger partial charge in [0.05, 0.1) is 6.61 Å². The molecular formula is C42H54O3P2. The first-order chi connectivity index (χ1) is 21.8. The van der Waals surface area contributed by atoms with Gasteiger partial charge in [0.1, 0.15) is 11.2 Å². The van der Waals surface area contributed by atoms with Crippen LogP contribution < -0.4 is 15.1 Å². The molecule has 0 fully saturated rings. The van der Waals surface area contributed by atoms with Crippen molar-refractivity contribution in [2.24, 2.45) is 0 Å². The zero-order valence-electron chi connectivity index (χ0n) is 30.6. The van der Waals surface area contributed by atoms with Crippen LogP contribution in [-0.2, 0) is 21.7 Å². The topological polar surface area (TPSA) is 35.5 Å². The summed E-state index contributed by atoms with van der Waals surface area (Å²) >= 11 is 0. The number of hydrogen-bond acceptors (Lipinski definition) is 3. The predicted octanol–water partition coefficient (Wildman–Crippen LogP) is 12.0. The third-order valence-electron chi connectivity index (χ3n) is 8.80. The fourth-order valence-electron chi connectivity index (χ4n) is 5.88. The molecule has 0 atom stereocenters. The fourth-order valence-corrected chi connectivity index (χ4v) is 9.26. The third kappa shape index (κ3) is 8.08. The first-order valence-electron chi connectivity index (χ1n) is 16.9. The summed E-state index contributed by atoms with van der Waals surface area (Å²) in [5, 5.41) is 4.88. The van der Waals surface area contributed by atoms with E-state index in [-0.39, 0.29) is 21.7 Å². The molecule has 5 aromatic rings. The molecule has 3 nitrogen and oxygen atoms in total. The maximum Gasteiger partial charge on any atom is 0.387 e. The Bertz CT molecular complexity index is 1750. The largest absolute Gasteiger partial charge is 0.399 e. The lowest BCUT2D eigenvalue weighted by atomic mass is 9.77. The summed E-state index contributed by atoms with van der Waals surface area (Å²) in [4.78, 5) is 0. The molecule has 0 bridgehead atoms. The number of rotatable bonds is 6. The van der Waals surface area contributed by atoms with Crippen LogP contribution in [0.1, 0.15) is 105 Å². The second-order valence-corrected chi connectivity index (χ2v) is 20.3. The van der Waals surface area contributed by atoms with Crippen molar-refractivity contribution in [1.82, 2.24) is 0 Å². The lowest BCUT2D eigenvalue weighted by molar-refractivity contribution is 0.395. The highest BCUT2D eigenvalue weighted by Crippen LogP contribution is 2.45. The SMILES string of the molecule is CC(C)(C)c1cc(C(C)(C)C)c2op(OCCP(c3ccccc3)c3ccccc3)oc3c(C(C)(C)C)cc(C(C)(C)C)cc3c2c1. The van der Waals surface area contributed by atoms with Crippen LogP contribution in [0.5, 0.6) is 0 Å². The molecule has 0 N–H and O–H groups in total. The number of hydrogen-bond donors (Lipinski definition) is 0. The standard InChI is InChI=1S/C42H54O3P2/c1-39(2,3)29-25-33-34-26-30(40(4,5)6)28-36(42(10,11)12)38(34)45-47(44-37(33)35(27-29)41(7,8)9)43-23-24-46(31-19-15-13-16-20-31)32-21-17-14-18-22-32/h13-22,25-28H,23-24H2,1-12H3. The smallest absolute Gasteiger partial charge is 0.387 e. The van der Waals surface area contributed by atoms with Crippen molar-refractivity contribution in [3.63, 3.8) is 0 Å². The third-order valence-corrected chi connectivity index (χ3v) is 12.3. The van der Waals surface area contributed by atoms with Gasteiger partial charge in [0, 0.05) is 28.1 Å². The Labute approximate surface area is 285 Å². The molecule has 0 spiro atoms. The Morgan fingerprint density at radius 1 is 0.532 bits per heavy atom. The van der Waals surface area contributed by atoms with Gasteiger partial charge < -0.3 is 8.39 Å². The van der Waals surface area contributed by atoms with Gasteiger partial charge in [-0.3, -0.25) is 4.52 Å². The van der Waals surface area contributed by atoms with Gasteiger partial charge >= 0.3 is 8.24 Å². The Hall–Kier alpha value is -2.83. The van der Waals surface area contributed by atoms with Gasteiger partial charge in [-0.15, -0.1) is 0 Å². The van der Waals surface area contributed by atoms with Gasteiger partial charge in [0.25, 0.3) is 0 Å². The molecule has 0 aliphatic carbocycles. The van der Waals surface area contributed by atoms with E-state index in [2.05, 4.69) is 168 Å². The van der Waals surface area contributed by atoms with Crippen LogP contribution in [0, 0.1) is 0 Å². The van der Waals surface area contributed by atoms with Crippen molar-refractivity contribution in [3.8, 4) is 0 Å². The van der Waals surface area contributed by atoms with E-state index in [1.54, 1.807) is 0 Å². The Balaban J connectivity index is 1.77. The van der Waals surface area contributed by atoms with Crippen LogP contribution in [-0.4, -0.2) is 12.8 Å². The molecule has 0 aliphatic heterocycles. The first kappa shape index (κ1) is 35.5. The van der Waals surface area contributed by atoms with Crippen molar-refractivity contribution < 1.29 is 12.9 Å². The molecule has 5 heteroatoms. The maximum atomic E-state index is 6.98. The summed E-state index contributed by atoms with van der Waals surface area (Å²) in [5.41, 5.74) is 6.33. The van der Waals surface area contributed by atoms with Crippen LogP contribution in [0.25, 0.3) is 21.9 Å². The van der Waals surface area contributed by atoms with E-state index in [1.807, 2.05) is 0 Å². The van der Waals surface area contributed by atoms with Crippen LogP contribution in [0.4, 0.5) is 0 Å². The molecular weight excluding hydrogens is 614 g/mol. The molecule has 0 saturated carbocycles. The molecule has 0 saturated heterocycles. The minimum atomic E-state index is -1.73. The van der Waals surface area contributed by atoms with E-state index >= 15 is 0 Å². The number of benzene rings is 4. The quantitative estimate of drug-likeness (QED) is 0.169. The highest BCUT2D eigenvalue weighted by Gasteiger charge is 2.29. The fraction of sp³-hybridized carbons (Fsp3) is 0.429. The van der Waals surface area contributed by atoms with E-state index in [0.29, 0.717) is 6.61 Å². The normalized spacial score (nSPS) is 13.1. The van der Waals surface area contributed by atoms with Gasteiger partial charge in [-0.2, -0.15) is 0 Å². The van der Waals surface area contributed by atoms with Crippen molar-refractivity contribution in [2.75, 3.05) is 12.8 Å². The maximum absolute atomic E-state index is 6.98. The van der Waals surface area contributed by atoms with Gasteiger partial charge in [-0.05, 0) is 63.5 Å². The summed E-state index contributed by atoms with van der Waals surface area (Å²) in [6.45, 7) is 27.9.